The van der Waals surface area contributed by atoms with E-state index in [2.05, 4.69) is 15.5 Å². The number of benzene rings is 2. The highest BCUT2D eigenvalue weighted by atomic mass is 19.4. The van der Waals surface area contributed by atoms with E-state index >= 15 is 0 Å². The first-order valence-electron chi connectivity index (χ1n) is 11.2. The molecule has 12 heteroatoms. The summed E-state index contributed by atoms with van der Waals surface area (Å²) < 4.78 is 53.4. The Morgan fingerprint density at radius 1 is 0.892 bits per heavy atom. The highest BCUT2D eigenvalue weighted by molar-refractivity contribution is 6.01. The molecule has 37 heavy (non-hydrogen) atoms. The van der Waals surface area contributed by atoms with E-state index in [4.69, 9.17) is 0 Å². The van der Waals surface area contributed by atoms with Gasteiger partial charge in [0.2, 0.25) is 0 Å². The second-order valence-electron chi connectivity index (χ2n) is 8.22. The lowest BCUT2D eigenvalue weighted by molar-refractivity contribution is -0.138. The van der Waals surface area contributed by atoms with Crippen LogP contribution in [0.25, 0.3) is 0 Å². The van der Waals surface area contributed by atoms with Crippen LogP contribution in [0, 0.1) is 5.82 Å². The van der Waals surface area contributed by atoms with Gasteiger partial charge in [-0.2, -0.15) is 13.2 Å². The number of rotatable bonds is 6. The first-order valence-corrected chi connectivity index (χ1v) is 11.2. The lowest BCUT2D eigenvalue weighted by Crippen LogP contribution is -2.49. The summed E-state index contributed by atoms with van der Waals surface area (Å²) >= 11 is 0. The molecule has 1 aromatic heterocycles. The van der Waals surface area contributed by atoms with Crippen LogP contribution in [0.3, 0.4) is 0 Å². The zero-order chi connectivity index (χ0) is 26.6. The first-order chi connectivity index (χ1) is 17.6. The minimum atomic E-state index is -4.79. The van der Waals surface area contributed by atoms with E-state index in [9.17, 15) is 31.9 Å². The second kappa shape index (κ2) is 10.7. The van der Waals surface area contributed by atoms with Gasteiger partial charge in [0, 0.05) is 31.7 Å². The summed E-state index contributed by atoms with van der Waals surface area (Å²) in [6.07, 6.45) is -4.79. The van der Waals surface area contributed by atoms with Crippen LogP contribution in [0.1, 0.15) is 36.8 Å². The van der Waals surface area contributed by atoms with Gasteiger partial charge >= 0.3 is 6.18 Å². The number of piperazine rings is 1. The molecule has 0 saturated carbocycles. The normalized spacial score (nSPS) is 13.8. The van der Waals surface area contributed by atoms with Crippen LogP contribution in [0.15, 0.2) is 60.7 Å². The molecule has 1 N–H and O–H groups in total. The minimum absolute atomic E-state index is 0.00390. The van der Waals surface area contributed by atoms with Gasteiger partial charge in [-0.15, -0.1) is 10.2 Å². The van der Waals surface area contributed by atoms with Crippen molar-refractivity contribution in [1.29, 1.82) is 0 Å². The predicted molar refractivity (Wildman–Crippen MR) is 125 cm³/mol. The number of anilines is 1. The number of hydrogen-bond donors (Lipinski definition) is 1. The largest absolute Gasteiger partial charge is 0.417 e. The average Bonchev–Trinajstić information content (AvgIpc) is 2.91. The number of nitrogens with zero attached hydrogens (tertiary/aromatic N) is 4. The Labute approximate surface area is 208 Å². The van der Waals surface area contributed by atoms with Crippen molar-refractivity contribution >= 4 is 23.4 Å². The topological polar surface area (TPSA) is 95.5 Å². The third-order valence-corrected chi connectivity index (χ3v) is 5.80. The molecule has 192 valence electrons. The number of amides is 2. The van der Waals surface area contributed by atoms with Gasteiger partial charge in [-0.1, -0.05) is 30.3 Å². The molecule has 0 aliphatic carbocycles. The van der Waals surface area contributed by atoms with Crippen LogP contribution in [-0.2, 0) is 6.18 Å². The Morgan fingerprint density at radius 2 is 1.59 bits per heavy atom. The fourth-order valence-corrected chi connectivity index (χ4v) is 3.84. The van der Waals surface area contributed by atoms with Crippen molar-refractivity contribution in [2.45, 2.75) is 6.18 Å². The summed E-state index contributed by atoms with van der Waals surface area (Å²) in [5.74, 6) is -2.26. The van der Waals surface area contributed by atoms with Gasteiger partial charge in [0.05, 0.1) is 17.7 Å². The molecular weight excluding hydrogens is 494 g/mol. The van der Waals surface area contributed by atoms with E-state index in [0.717, 1.165) is 0 Å². The molecule has 0 radical (unpaired) electrons. The van der Waals surface area contributed by atoms with E-state index in [1.165, 1.54) is 11.0 Å². The first kappa shape index (κ1) is 25.7. The third-order valence-electron chi connectivity index (χ3n) is 5.80. The van der Waals surface area contributed by atoms with Gasteiger partial charge in [0.25, 0.3) is 11.8 Å². The van der Waals surface area contributed by atoms with Crippen LogP contribution in [0.5, 0.6) is 0 Å². The highest BCUT2D eigenvalue weighted by Crippen LogP contribution is 2.33. The molecule has 4 rings (SSSR count). The smallest absolute Gasteiger partial charge is 0.352 e. The van der Waals surface area contributed by atoms with Crippen molar-refractivity contribution in [2.75, 3.05) is 37.6 Å². The van der Waals surface area contributed by atoms with Crippen LogP contribution < -0.4 is 10.2 Å². The number of nitrogens with one attached hydrogen (secondary N) is 1. The monoisotopic (exact) mass is 515 g/mol. The van der Waals surface area contributed by atoms with Crippen LogP contribution >= 0.6 is 0 Å². The summed E-state index contributed by atoms with van der Waals surface area (Å²) in [7, 11) is 0. The number of ketones is 1. The molecule has 1 fully saturated rings. The molecular formula is C25H21F4N5O3. The fraction of sp³-hybridized carbons (Fsp3) is 0.240. The zero-order valence-electron chi connectivity index (χ0n) is 19.3. The quantitative estimate of drug-likeness (QED) is 0.400. The molecule has 2 heterocycles. The summed E-state index contributed by atoms with van der Waals surface area (Å²) in [5, 5.41) is 10.4. The Bertz CT molecular complexity index is 1290. The standard InChI is InChI=1S/C25H21F4N5O3/c26-17-6-7-19(25(27,28)29)18(14-17)24(37)34-12-10-33(11-13-34)22-9-8-20(31-32-22)23(36)30-15-21(35)16-4-2-1-3-5-16/h1-9,14H,10-13,15H2,(H,30,36). The maximum Gasteiger partial charge on any atom is 0.417 e. The third kappa shape index (κ3) is 6.08. The molecule has 0 unspecified atom stereocenters. The summed E-state index contributed by atoms with van der Waals surface area (Å²) in [4.78, 5) is 40.1. The molecule has 8 nitrogen and oxygen atoms in total. The van der Waals surface area contributed by atoms with E-state index in [1.807, 2.05) is 0 Å². The molecule has 1 aliphatic rings. The Morgan fingerprint density at radius 3 is 2.22 bits per heavy atom. The molecule has 0 bridgehead atoms. The van der Waals surface area contributed by atoms with Crippen molar-refractivity contribution in [3.8, 4) is 0 Å². The van der Waals surface area contributed by atoms with Gasteiger partial charge in [0.1, 0.15) is 5.82 Å². The van der Waals surface area contributed by atoms with Gasteiger partial charge in [-0.05, 0) is 30.3 Å². The summed E-state index contributed by atoms with van der Waals surface area (Å²) in [6, 6.07) is 13.3. The van der Waals surface area contributed by atoms with Crippen molar-refractivity contribution < 1.29 is 31.9 Å². The number of alkyl halides is 3. The van der Waals surface area contributed by atoms with Gasteiger partial charge in [0.15, 0.2) is 17.3 Å². The maximum absolute atomic E-state index is 13.6. The number of carbonyl (C=O) groups is 3. The van der Waals surface area contributed by atoms with Gasteiger partial charge in [-0.25, -0.2) is 4.39 Å². The number of hydrogen-bond acceptors (Lipinski definition) is 6. The summed E-state index contributed by atoms with van der Waals surface area (Å²) in [6.45, 7) is 0.447. The molecule has 0 spiro atoms. The number of halogens is 4. The van der Waals surface area contributed by atoms with Crippen molar-refractivity contribution in [2.24, 2.45) is 0 Å². The molecule has 2 amide bonds. The molecule has 3 aromatic rings. The van der Waals surface area contributed by atoms with E-state index in [1.54, 1.807) is 41.3 Å². The van der Waals surface area contributed by atoms with Gasteiger partial charge in [-0.3, -0.25) is 14.4 Å². The minimum Gasteiger partial charge on any atom is -0.352 e. The number of carbonyl (C=O) groups excluding carboxylic acids is 3. The number of Topliss-reactive ketones (excluding diaryl/α,β-unsaturated/α-hetero) is 1. The Hall–Kier alpha value is -4.35. The Balaban J connectivity index is 1.33. The van der Waals surface area contributed by atoms with Crippen molar-refractivity contribution in [3.05, 3.63) is 88.9 Å². The Kier molecular flexibility index (Phi) is 7.46. The maximum atomic E-state index is 13.6. The fourth-order valence-electron chi connectivity index (χ4n) is 3.84. The predicted octanol–water partition coefficient (Wildman–Crippen LogP) is 3.21. The van der Waals surface area contributed by atoms with Crippen LogP contribution in [0.4, 0.5) is 23.4 Å². The van der Waals surface area contributed by atoms with Crippen LogP contribution in [-0.4, -0.2) is 65.4 Å². The van der Waals surface area contributed by atoms with E-state index in [-0.39, 0.29) is 44.2 Å². The van der Waals surface area contributed by atoms with E-state index < -0.39 is 34.9 Å². The molecule has 2 aromatic carbocycles. The van der Waals surface area contributed by atoms with Gasteiger partial charge < -0.3 is 15.1 Å². The highest BCUT2D eigenvalue weighted by Gasteiger charge is 2.37. The average molecular weight is 515 g/mol. The van der Waals surface area contributed by atoms with Crippen molar-refractivity contribution in [1.82, 2.24) is 20.4 Å². The lowest BCUT2D eigenvalue weighted by atomic mass is 10.0. The van der Waals surface area contributed by atoms with Crippen molar-refractivity contribution in [3.63, 3.8) is 0 Å². The lowest BCUT2D eigenvalue weighted by Gasteiger charge is -2.35. The van der Waals surface area contributed by atoms with Crippen LogP contribution in [0.2, 0.25) is 0 Å². The van der Waals surface area contributed by atoms with E-state index in [0.29, 0.717) is 29.6 Å². The SMILES string of the molecule is O=C(CNC(=O)c1ccc(N2CCN(C(=O)c3cc(F)ccc3C(F)(F)F)CC2)nn1)c1ccccc1. The molecule has 1 aliphatic heterocycles. The summed E-state index contributed by atoms with van der Waals surface area (Å²) in [5.41, 5.74) is -1.45. The zero-order valence-corrected chi connectivity index (χ0v) is 19.3. The molecule has 0 atom stereocenters. The number of aromatic nitrogens is 2. The molecule has 1 saturated heterocycles. The second-order valence-corrected chi connectivity index (χ2v) is 8.22.